The fourth-order valence-electron chi connectivity index (χ4n) is 3.69. The third kappa shape index (κ3) is 4.58. The van der Waals surface area contributed by atoms with Crippen LogP contribution in [0, 0.1) is 5.41 Å². The maximum atomic E-state index is 13.0. The summed E-state index contributed by atoms with van der Waals surface area (Å²) in [7, 11) is -5.72. The molecule has 0 aliphatic heterocycles. The Morgan fingerprint density at radius 3 is 1.86 bits per heavy atom. The topological polar surface area (TPSA) is 43.4 Å². The Hall–Kier alpha value is -2.28. The predicted octanol–water partition coefficient (Wildman–Crippen LogP) is 5.39. The number of rotatable bonds is 6. The quantitative estimate of drug-likeness (QED) is 0.474. The van der Waals surface area contributed by atoms with Gasteiger partial charge in [-0.25, -0.2) is 0 Å². The van der Waals surface area contributed by atoms with Crippen molar-refractivity contribution in [1.82, 2.24) is 0 Å². The fraction of sp³-hybridized carbons (Fsp3) is 0.333. The van der Waals surface area contributed by atoms with Crippen molar-refractivity contribution in [2.75, 3.05) is 0 Å². The summed E-state index contributed by atoms with van der Waals surface area (Å²) in [5.41, 5.74) is -4.49. The van der Waals surface area contributed by atoms with Gasteiger partial charge in [-0.15, -0.1) is 0 Å². The van der Waals surface area contributed by atoms with E-state index in [4.69, 9.17) is 4.18 Å². The van der Waals surface area contributed by atoms with E-state index in [0.717, 1.165) is 17.5 Å². The first-order valence-corrected chi connectivity index (χ1v) is 10.4. The van der Waals surface area contributed by atoms with E-state index in [2.05, 4.69) is 0 Å². The van der Waals surface area contributed by atoms with Gasteiger partial charge in [0.25, 0.3) is 0 Å². The molecule has 2 aromatic rings. The Bertz CT molecular complexity index is 879. The van der Waals surface area contributed by atoms with Crippen LogP contribution >= 0.6 is 0 Å². The summed E-state index contributed by atoms with van der Waals surface area (Å²) >= 11 is 0. The normalized spacial score (nSPS) is 17.0. The zero-order valence-electron chi connectivity index (χ0n) is 15.2. The second-order valence-corrected chi connectivity index (χ2v) is 8.59. The van der Waals surface area contributed by atoms with E-state index < -0.39 is 21.0 Å². The summed E-state index contributed by atoms with van der Waals surface area (Å²) < 4.78 is 67.0. The Balaban J connectivity index is 2.02. The zero-order chi connectivity index (χ0) is 20.3. The van der Waals surface area contributed by atoms with Crippen LogP contribution in [-0.2, 0) is 27.1 Å². The molecule has 28 heavy (non-hydrogen) atoms. The molecule has 1 aliphatic carbocycles. The smallest absolute Gasteiger partial charge is 0.380 e. The highest BCUT2D eigenvalue weighted by Gasteiger charge is 2.51. The lowest BCUT2D eigenvalue weighted by Crippen LogP contribution is -2.36. The van der Waals surface area contributed by atoms with Crippen molar-refractivity contribution in [3.63, 3.8) is 0 Å². The molecule has 3 nitrogen and oxygen atoms in total. The van der Waals surface area contributed by atoms with Crippen LogP contribution in [0.15, 0.2) is 72.5 Å². The monoisotopic (exact) mass is 410 g/mol. The molecule has 2 aromatic carbocycles. The van der Waals surface area contributed by atoms with Crippen molar-refractivity contribution >= 4 is 10.1 Å². The van der Waals surface area contributed by atoms with Crippen LogP contribution in [0.4, 0.5) is 13.2 Å². The molecule has 0 amide bonds. The maximum absolute atomic E-state index is 13.0. The summed E-state index contributed by atoms with van der Waals surface area (Å²) in [5.74, 6) is -0.108. The van der Waals surface area contributed by atoms with Gasteiger partial charge < -0.3 is 4.18 Å². The Morgan fingerprint density at radius 2 is 1.39 bits per heavy atom. The molecule has 0 saturated heterocycles. The first kappa shape index (κ1) is 20.5. The van der Waals surface area contributed by atoms with Crippen molar-refractivity contribution in [2.45, 2.75) is 37.6 Å². The number of halogens is 3. The number of alkyl halides is 3. The standard InChI is InChI=1S/C21H21F3O3S/c22-21(23,24)28(25,26)27-19-13-7-8-14-20(19,15-17-9-3-1-4-10-17)16-18-11-5-2-6-12-18/h1-6,9-13H,7-8,14-16H2. The second-order valence-electron chi connectivity index (χ2n) is 7.05. The van der Waals surface area contributed by atoms with Crippen LogP contribution in [0.3, 0.4) is 0 Å². The molecule has 150 valence electrons. The van der Waals surface area contributed by atoms with Gasteiger partial charge in [-0.2, -0.15) is 21.6 Å². The summed E-state index contributed by atoms with van der Waals surface area (Å²) in [6.45, 7) is 0. The van der Waals surface area contributed by atoms with Gasteiger partial charge in [-0.05, 0) is 49.3 Å². The van der Waals surface area contributed by atoms with Crippen LogP contribution in [0.1, 0.15) is 30.4 Å². The number of hydrogen-bond donors (Lipinski definition) is 0. The van der Waals surface area contributed by atoms with Crippen molar-refractivity contribution < 1.29 is 25.8 Å². The molecule has 0 atom stereocenters. The predicted molar refractivity (Wildman–Crippen MR) is 101 cm³/mol. The minimum absolute atomic E-state index is 0.108. The molecule has 7 heteroatoms. The SMILES string of the molecule is O=S(=O)(OC1=CCCCC1(Cc1ccccc1)Cc1ccccc1)C(F)(F)F. The van der Waals surface area contributed by atoms with Gasteiger partial charge in [0.05, 0.1) is 0 Å². The third-order valence-electron chi connectivity index (χ3n) is 4.97. The van der Waals surface area contributed by atoms with E-state index in [9.17, 15) is 21.6 Å². The molecule has 1 aliphatic rings. The summed E-state index contributed by atoms with van der Waals surface area (Å²) in [6, 6.07) is 18.7. The highest BCUT2D eigenvalue weighted by molar-refractivity contribution is 7.87. The van der Waals surface area contributed by atoms with Crippen LogP contribution in [0.25, 0.3) is 0 Å². The van der Waals surface area contributed by atoms with Crippen LogP contribution in [0.2, 0.25) is 0 Å². The second kappa shape index (κ2) is 7.99. The van der Waals surface area contributed by atoms with E-state index in [1.165, 1.54) is 6.08 Å². The molecule has 0 N–H and O–H groups in total. The van der Waals surface area contributed by atoms with Gasteiger partial charge in [-0.1, -0.05) is 60.7 Å². The third-order valence-corrected chi connectivity index (χ3v) is 5.93. The molecular weight excluding hydrogens is 389 g/mol. The first-order chi connectivity index (χ1) is 13.2. The van der Waals surface area contributed by atoms with Crippen LogP contribution in [-0.4, -0.2) is 13.9 Å². The largest absolute Gasteiger partial charge is 0.534 e. The number of hydrogen-bond acceptors (Lipinski definition) is 3. The molecule has 0 saturated carbocycles. The van der Waals surface area contributed by atoms with Crippen LogP contribution in [0.5, 0.6) is 0 Å². The van der Waals surface area contributed by atoms with Gasteiger partial charge in [0.2, 0.25) is 0 Å². The molecule has 0 fully saturated rings. The summed E-state index contributed by atoms with van der Waals surface area (Å²) in [6.07, 6.45) is 4.05. The van der Waals surface area contributed by atoms with Gasteiger partial charge in [0, 0.05) is 5.41 Å². The average molecular weight is 410 g/mol. The highest BCUT2D eigenvalue weighted by atomic mass is 32.2. The Kier molecular flexibility index (Phi) is 5.84. The fourth-order valence-corrected chi connectivity index (χ4v) is 4.26. The lowest BCUT2D eigenvalue weighted by molar-refractivity contribution is -0.0536. The number of allylic oxidation sites excluding steroid dienone is 2. The van der Waals surface area contributed by atoms with E-state index >= 15 is 0 Å². The lowest BCUT2D eigenvalue weighted by atomic mass is 9.69. The molecule has 0 aromatic heterocycles. The molecule has 0 heterocycles. The zero-order valence-corrected chi connectivity index (χ0v) is 16.0. The van der Waals surface area contributed by atoms with E-state index in [-0.39, 0.29) is 5.76 Å². The van der Waals surface area contributed by atoms with E-state index in [1.54, 1.807) is 0 Å². The molecule has 0 bridgehead atoms. The molecular formula is C21H21F3O3S. The maximum Gasteiger partial charge on any atom is 0.534 e. The van der Waals surface area contributed by atoms with Crippen LogP contribution < -0.4 is 0 Å². The average Bonchev–Trinajstić information content (AvgIpc) is 2.64. The Labute approximate surface area is 163 Å². The summed E-state index contributed by atoms with van der Waals surface area (Å²) in [4.78, 5) is 0. The van der Waals surface area contributed by atoms with Gasteiger partial charge >= 0.3 is 15.6 Å². The van der Waals surface area contributed by atoms with Crippen molar-refractivity contribution in [3.05, 3.63) is 83.6 Å². The van der Waals surface area contributed by atoms with E-state index in [0.29, 0.717) is 25.7 Å². The van der Waals surface area contributed by atoms with Gasteiger partial charge in [0.15, 0.2) is 0 Å². The Morgan fingerprint density at radius 1 is 0.893 bits per heavy atom. The molecule has 3 rings (SSSR count). The van der Waals surface area contributed by atoms with E-state index in [1.807, 2.05) is 60.7 Å². The molecule has 0 unspecified atom stereocenters. The minimum atomic E-state index is -5.72. The highest BCUT2D eigenvalue weighted by Crippen LogP contribution is 2.45. The van der Waals surface area contributed by atoms with Gasteiger partial charge in [0.1, 0.15) is 5.76 Å². The first-order valence-electron chi connectivity index (χ1n) is 9.01. The number of benzene rings is 2. The molecule has 0 spiro atoms. The minimum Gasteiger partial charge on any atom is -0.380 e. The lowest BCUT2D eigenvalue weighted by Gasteiger charge is -2.38. The van der Waals surface area contributed by atoms with Gasteiger partial charge in [-0.3, -0.25) is 0 Å². The van der Waals surface area contributed by atoms with Crippen molar-refractivity contribution in [3.8, 4) is 0 Å². The van der Waals surface area contributed by atoms with Crippen molar-refractivity contribution in [2.24, 2.45) is 5.41 Å². The summed E-state index contributed by atoms with van der Waals surface area (Å²) in [5, 5.41) is 0. The van der Waals surface area contributed by atoms with Crippen molar-refractivity contribution in [1.29, 1.82) is 0 Å². The molecule has 0 radical (unpaired) electrons.